The molecule has 2 nitrogen and oxygen atoms in total. The van der Waals surface area contributed by atoms with Gasteiger partial charge in [0.2, 0.25) is 0 Å². The molecular weight excluding hydrogens is 226 g/mol. The molecule has 1 unspecified atom stereocenters. The minimum absolute atomic E-state index is 0.0608. The number of rotatable bonds is 3. The molecule has 1 aromatic carbocycles. The van der Waals surface area contributed by atoms with Crippen molar-refractivity contribution < 1.29 is 22.3 Å². The normalized spacial score (nSPS) is 13.6. The van der Waals surface area contributed by atoms with Gasteiger partial charge in [0.1, 0.15) is 23.7 Å². The number of hydrogen-bond acceptors (Lipinski definition) is 2. The second kappa shape index (κ2) is 4.69. The molecule has 0 amide bonds. The lowest BCUT2D eigenvalue weighted by atomic mass is 10.2. The molecule has 0 aromatic heterocycles. The molecule has 0 saturated heterocycles. The van der Waals surface area contributed by atoms with Crippen LogP contribution in [-0.2, 0) is 6.18 Å². The molecule has 6 heteroatoms. The Kier molecular flexibility index (Phi) is 3.74. The van der Waals surface area contributed by atoms with E-state index in [0.717, 1.165) is 12.1 Å². The standard InChI is InChI=1S/C10H11F4NO/c1-6(15)5-16-9-3-2-7(11)4-8(9)10(12,13)14/h2-4,6H,5,15H2,1H3. The molecule has 2 N–H and O–H groups in total. The third-order valence-corrected chi connectivity index (χ3v) is 1.75. The summed E-state index contributed by atoms with van der Waals surface area (Å²) in [6.07, 6.45) is -4.64. The van der Waals surface area contributed by atoms with E-state index in [4.69, 9.17) is 10.5 Å². The summed E-state index contributed by atoms with van der Waals surface area (Å²) in [4.78, 5) is 0. The Morgan fingerprint density at radius 2 is 2.00 bits per heavy atom. The number of benzene rings is 1. The van der Waals surface area contributed by atoms with Gasteiger partial charge < -0.3 is 10.5 Å². The van der Waals surface area contributed by atoms with Crippen LogP contribution in [0.1, 0.15) is 12.5 Å². The topological polar surface area (TPSA) is 35.2 Å². The van der Waals surface area contributed by atoms with Gasteiger partial charge in [0.15, 0.2) is 0 Å². The molecule has 1 atom stereocenters. The van der Waals surface area contributed by atoms with E-state index in [-0.39, 0.29) is 6.61 Å². The number of alkyl halides is 3. The summed E-state index contributed by atoms with van der Waals surface area (Å²) in [5.41, 5.74) is 4.22. The molecule has 0 radical (unpaired) electrons. The van der Waals surface area contributed by atoms with E-state index in [1.807, 2.05) is 0 Å². The van der Waals surface area contributed by atoms with Crippen molar-refractivity contribution in [3.8, 4) is 5.75 Å². The van der Waals surface area contributed by atoms with Gasteiger partial charge in [-0.1, -0.05) is 0 Å². The lowest BCUT2D eigenvalue weighted by Crippen LogP contribution is -2.24. The SMILES string of the molecule is CC(N)COc1ccc(F)cc1C(F)(F)F. The maximum atomic E-state index is 12.7. The van der Waals surface area contributed by atoms with Crippen molar-refractivity contribution in [1.82, 2.24) is 0 Å². The predicted molar refractivity (Wildman–Crippen MR) is 50.5 cm³/mol. The molecule has 0 heterocycles. The van der Waals surface area contributed by atoms with E-state index in [1.54, 1.807) is 6.92 Å². The highest BCUT2D eigenvalue weighted by Crippen LogP contribution is 2.36. The smallest absolute Gasteiger partial charge is 0.420 e. The Morgan fingerprint density at radius 1 is 1.38 bits per heavy atom. The van der Waals surface area contributed by atoms with Crippen LogP contribution in [0.15, 0.2) is 18.2 Å². The van der Waals surface area contributed by atoms with Crippen LogP contribution in [0, 0.1) is 5.82 Å². The molecule has 16 heavy (non-hydrogen) atoms. The van der Waals surface area contributed by atoms with Gasteiger partial charge >= 0.3 is 6.18 Å². The Hall–Kier alpha value is -1.30. The summed E-state index contributed by atoms with van der Waals surface area (Å²) in [5.74, 6) is -1.37. The van der Waals surface area contributed by atoms with Crippen molar-refractivity contribution in [2.45, 2.75) is 19.1 Å². The fraction of sp³-hybridized carbons (Fsp3) is 0.400. The van der Waals surface area contributed by atoms with Crippen LogP contribution >= 0.6 is 0 Å². The van der Waals surface area contributed by atoms with Gasteiger partial charge in [0.05, 0.1) is 0 Å². The third-order valence-electron chi connectivity index (χ3n) is 1.75. The van der Waals surface area contributed by atoms with Crippen molar-refractivity contribution in [3.63, 3.8) is 0 Å². The van der Waals surface area contributed by atoms with Gasteiger partial charge in [0, 0.05) is 6.04 Å². The zero-order valence-corrected chi connectivity index (χ0v) is 8.51. The average Bonchev–Trinajstić information content (AvgIpc) is 2.14. The molecular formula is C10H11F4NO. The van der Waals surface area contributed by atoms with Crippen LogP contribution in [0.5, 0.6) is 5.75 Å². The van der Waals surface area contributed by atoms with Crippen LogP contribution in [-0.4, -0.2) is 12.6 Å². The van der Waals surface area contributed by atoms with Crippen molar-refractivity contribution in [2.24, 2.45) is 5.73 Å². The summed E-state index contributed by atoms with van der Waals surface area (Å²) < 4.78 is 55.0. The zero-order valence-electron chi connectivity index (χ0n) is 8.51. The maximum Gasteiger partial charge on any atom is 0.420 e. The summed E-state index contributed by atoms with van der Waals surface area (Å²) in [6, 6.07) is 1.86. The Bertz CT molecular complexity index is 362. The van der Waals surface area contributed by atoms with Gasteiger partial charge in [-0.15, -0.1) is 0 Å². The second-order valence-corrected chi connectivity index (χ2v) is 3.43. The van der Waals surface area contributed by atoms with Gasteiger partial charge in [-0.05, 0) is 25.1 Å². The van der Waals surface area contributed by atoms with Crippen molar-refractivity contribution in [3.05, 3.63) is 29.6 Å². The molecule has 0 fully saturated rings. The molecule has 0 aliphatic rings. The van der Waals surface area contributed by atoms with Gasteiger partial charge in [-0.3, -0.25) is 0 Å². The van der Waals surface area contributed by atoms with Crippen molar-refractivity contribution >= 4 is 0 Å². The quantitative estimate of drug-likeness (QED) is 0.820. The highest BCUT2D eigenvalue weighted by molar-refractivity contribution is 5.36. The molecule has 0 aliphatic heterocycles. The monoisotopic (exact) mass is 237 g/mol. The summed E-state index contributed by atoms with van der Waals surface area (Å²) in [7, 11) is 0. The van der Waals surface area contributed by atoms with Gasteiger partial charge in [-0.25, -0.2) is 4.39 Å². The molecule has 1 aromatic rings. The summed E-state index contributed by atoms with van der Waals surface area (Å²) in [6.45, 7) is 1.53. The molecule has 0 spiro atoms. The maximum absolute atomic E-state index is 12.7. The van der Waals surface area contributed by atoms with Crippen LogP contribution in [0.25, 0.3) is 0 Å². The number of nitrogens with two attached hydrogens (primary N) is 1. The fourth-order valence-electron chi connectivity index (χ4n) is 1.07. The highest BCUT2D eigenvalue weighted by Gasteiger charge is 2.34. The molecule has 0 bridgehead atoms. The Labute approximate surface area is 90.0 Å². The largest absolute Gasteiger partial charge is 0.491 e. The first-order valence-electron chi connectivity index (χ1n) is 4.56. The first-order valence-corrected chi connectivity index (χ1v) is 4.56. The molecule has 1 rings (SSSR count). The van der Waals surface area contributed by atoms with E-state index in [9.17, 15) is 17.6 Å². The minimum Gasteiger partial charge on any atom is -0.491 e. The minimum atomic E-state index is -4.64. The van der Waals surface area contributed by atoms with E-state index < -0.39 is 29.3 Å². The average molecular weight is 237 g/mol. The number of ether oxygens (including phenoxy) is 1. The summed E-state index contributed by atoms with van der Waals surface area (Å²) in [5, 5.41) is 0. The first kappa shape index (κ1) is 12.8. The third kappa shape index (κ3) is 3.37. The molecule has 0 saturated carbocycles. The van der Waals surface area contributed by atoms with Gasteiger partial charge in [-0.2, -0.15) is 13.2 Å². The van der Waals surface area contributed by atoms with Crippen LogP contribution in [0.3, 0.4) is 0 Å². The van der Waals surface area contributed by atoms with Crippen LogP contribution in [0.2, 0.25) is 0 Å². The Morgan fingerprint density at radius 3 is 2.50 bits per heavy atom. The molecule has 0 aliphatic carbocycles. The second-order valence-electron chi connectivity index (χ2n) is 3.43. The predicted octanol–water partition coefficient (Wildman–Crippen LogP) is 2.57. The van der Waals surface area contributed by atoms with Crippen LogP contribution < -0.4 is 10.5 Å². The number of halogens is 4. The fourth-order valence-corrected chi connectivity index (χ4v) is 1.07. The van der Waals surface area contributed by atoms with Crippen LogP contribution in [0.4, 0.5) is 17.6 Å². The lowest BCUT2D eigenvalue weighted by Gasteiger charge is -2.15. The van der Waals surface area contributed by atoms with E-state index >= 15 is 0 Å². The Balaban J connectivity index is 2.99. The van der Waals surface area contributed by atoms with Gasteiger partial charge in [0.25, 0.3) is 0 Å². The zero-order chi connectivity index (χ0) is 12.3. The van der Waals surface area contributed by atoms with E-state index in [2.05, 4.69) is 0 Å². The van der Waals surface area contributed by atoms with E-state index in [1.165, 1.54) is 0 Å². The highest BCUT2D eigenvalue weighted by atomic mass is 19.4. The lowest BCUT2D eigenvalue weighted by molar-refractivity contribution is -0.139. The molecule has 90 valence electrons. The first-order chi connectivity index (χ1) is 7.30. The van der Waals surface area contributed by atoms with E-state index in [0.29, 0.717) is 6.07 Å². The van der Waals surface area contributed by atoms with Crippen molar-refractivity contribution in [2.75, 3.05) is 6.61 Å². The number of hydrogen-bond donors (Lipinski definition) is 1. The van der Waals surface area contributed by atoms with Crippen molar-refractivity contribution in [1.29, 1.82) is 0 Å². The summed E-state index contributed by atoms with van der Waals surface area (Å²) >= 11 is 0.